The molecule has 1 N–H and O–H groups in total. The highest BCUT2D eigenvalue weighted by atomic mass is 32.2. The molecule has 0 radical (unpaired) electrons. The Kier molecular flexibility index (Phi) is 5.37. The molecule has 1 aromatic heterocycles. The summed E-state index contributed by atoms with van der Waals surface area (Å²) in [4.78, 5) is 45.8. The van der Waals surface area contributed by atoms with Crippen LogP contribution in [0.4, 0.5) is 0 Å². The van der Waals surface area contributed by atoms with E-state index in [4.69, 9.17) is 0 Å². The van der Waals surface area contributed by atoms with E-state index in [1.54, 1.807) is 27.0 Å². The number of aromatic nitrogens is 1. The molecule has 1 aromatic rings. The van der Waals surface area contributed by atoms with Gasteiger partial charge in [-0.3, -0.25) is 14.4 Å². The van der Waals surface area contributed by atoms with Crippen molar-refractivity contribution in [2.45, 2.75) is 19.3 Å². The fourth-order valence-corrected chi connectivity index (χ4v) is 6.02. The standard InChI is InChI=1S/C19H26N4O5S/c24-17(14-3-10-29(27,28)13-14)22-6-8-23(9-7-22)18(25)15-11-16(20-12-15)19(26)21-4-1-2-5-21/h11-12,14,20H,1-10,13H2. The lowest BCUT2D eigenvalue weighted by molar-refractivity contribution is -0.136. The molecule has 4 heterocycles. The van der Waals surface area contributed by atoms with Crippen molar-refractivity contribution >= 4 is 27.6 Å². The first kappa shape index (κ1) is 19.9. The van der Waals surface area contributed by atoms with E-state index >= 15 is 0 Å². The number of likely N-dealkylation sites (tertiary alicyclic amines) is 1. The minimum absolute atomic E-state index is 0.0673. The molecule has 4 rings (SSSR count). The van der Waals surface area contributed by atoms with Crippen LogP contribution in [0.25, 0.3) is 0 Å². The molecule has 3 amide bonds. The minimum atomic E-state index is -3.10. The van der Waals surface area contributed by atoms with Crippen LogP contribution in [0.5, 0.6) is 0 Å². The number of carbonyl (C=O) groups excluding carboxylic acids is 3. The Balaban J connectivity index is 1.32. The third-order valence-electron chi connectivity index (χ3n) is 6.01. The summed E-state index contributed by atoms with van der Waals surface area (Å²) in [6.45, 7) is 3.07. The van der Waals surface area contributed by atoms with Gasteiger partial charge in [0.25, 0.3) is 11.8 Å². The van der Waals surface area contributed by atoms with E-state index in [0.717, 1.165) is 25.9 Å². The van der Waals surface area contributed by atoms with Gasteiger partial charge in [0.2, 0.25) is 5.91 Å². The van der Waals surface area contributed by atoms with Gasteiger partial charge in [0, 0.05) is 45.5 Å². The van der Waals surface area contributed by atoms with E-state index in [1.165, 1.54) is 0 Å². The smallest absolute Gasteiger partial charge is 0.270 e. The van der Waals surface area contributed by atoms with Gasteiger partial charge in [-0.15, -0.1) is 0 Å². The number of hydrogen-bond acceptors (Lipinski definition) is 5. The fraction of sp³-hybridized carbons (Fsp3) is 0.632. The molecule has 0 saturated carbocycles. The van der Waals surface area contributed by atoms with Crippen molar-refractivity contribution in [2.24, 2.45) is 5.92 Å². The predicted octanol–water partition coefficient (Wildman–Crippen LogP) is -0.0302. The van der Waals surface area contributed by atoms with Gasteiger partial charge in [-0.2, -0.15) is 0 Å². The SMILES string of the molecule is O=C(c1c[nH]c(C(=O)N2CCCC2)c1)N1CCN(C(=O)C2CCS(=O)(=O)C2)CC1. The number of nitrogens with one attached hydrogen (secondary N) is 1. The monoisotopic (exact) mass is 422 g/mol. The third-order valence-corrected chi connectivity index (χ3v) is 7.78. The van der Waals surface area contributed by atoms with Crippen LogP contribution >= 0.6 is 0 Å². The highest BCUT2D eigenvalue weighted by molar-refractivity contribution is 7.91. The molecule has 3 aliphatic heterocycles. The largest absolute Gasteiger partial charge is 0.356 e. The molecule has 3 fully saturated rings. The second kappa shape index (κ2) is 7.81. The number of aromatic amines is 1. The van der Waals surface area contributed by atoms with Crippen LogP contribution in [-0.2, 0) is 14.6 Å². The predicted molar refractivity (Wildman–Crippen MR) is 105 cm³/mol. The summed E-state index contributed by atoms with van der Waals surface area (Å²) in [5.41, 5.74) is 0.862. The summed E-state index contributed by atoms with van der Waals surface area (Å²) >= 11 is 0. The van der Waals surface area contributed by atoms with E-state index in [-0.39, 0.29) is 29.2 Å². The Labute approximate surface area is 169 Å². The average molecular weight is 423 g/mol. The van der Waals surface area contributed by atoms with E-state index in [1.807, 2.05) is 0 Å². The summed E-state index contributed by atoms with van der Waals surface area (Å²) in [7, 11) is -3.10. The minimum Gasteiger partial charge on any atom is -0.356 e. The maximum Gasteiger partial charge on any atom is 0.270 e. The van der Waals surface area contributed by atoms with Crippen molar-refractivity contribution in [1.82, 2.24) is 19.7 Å². The zero-order valence-corrected chi connectivity index (χ0v) is 17.1. The van der Waals surface area contributed by atoms with Crippen molar-refractivity contribution in [3.8, 4) is 0 Å². The summed E-state index contributed by atoms with van der Waals surface area (Å²) in [5.74, 6) is -0.819. The second-order valence-corrected chi connectivity index (χ2v) is 10.2. The number of nitrogens with zero attached hydrogens (tertiary/aromatic N) is 3. The number of carbonyl (C=O) groups is 3. The number of hydrogen-bond donors (Lipinski definition) is 1. The van der Waals surface area contributed by atoms with Gasteiger partial charge in [-0.05, 0) is 25.3 Å². The van der Waals surface area contributed by atoms with Gasteiger partial charge >= 0.3 is 0 Å². The van der Waals surface area contributed by atoms with Gasteiger partial charge in [-0.1, -0.05) is 0 Å². The number of piperazine rings is 1. The topological polar surface area (TPSA) is 111 Å². The van der Waals surface area contributed by atoms with Crippen LogP contribution in [0.2, 0.25) is 0 Å². The Hall–Kier alpha value is -2.36. The molecule has 0 spiro atoms. The molecule has 3 saturated heterocycles. The number of sulfone groups is 1. The zero-order valence-electron chi connectivity index (χ0n) is 16.3. The van der Waals surface area contributed by atoms with Gasteiger partial charge in [-0.25, -0.2) is 8.42 Å². The van der Waals surface area contributed by atoms with Crippen molar-refractivity contribution in [2.75, 3.05) is 50.8 Å². The van der Waals surface area contributed by atoms with Crippen LogP contribution < -0.4 is 0 Å². The van der Waals surface area contributed by atoms with E-state index in [0.29, 0.717) is 43.9 Å². The normalized spacial score (nSPS) is 24.1. The number of amides is 3. The second-order valence-electron chi connectivity index (χ2n) is 8.02. The maximum absolute atomic E-state index is 12.8. The molecule has 0 aromatic carbocycles. The van der Waals surface area contributed by atoms with Gasteiger partial charge < -0.3 is 19.7 Å². The molecule has 9 nitrogen and oxygen atoms in total. The Morgan fingerprint density at radius 1 is 0.897 bits per heavy atom. The molecule has 1 unspecified atom stereocenters. The first-order valence-electron chi connectivity index (χ1n) is 10.1. The molecule has 3 aliphatic rings. The van der Waals surface area contributed by atoms with Crippen molar-refractivity contribution in [1.29, 1.82) is 0 Å². The third kappa shape index (κ3) is 4.17. The Morgan fingerprint density at radius 2 is 1.52 bits per heavy atom. The number of rotatable bonds is 3. The maximum atomic E-state index is 12.8. The van der Waals surface area contributed by atoms with Crippen LogP contribution in [0, 0.1) is 5.92 Å². The molecular weight excluding hydrogens is 396 g/mol. The summed E-state index contributed by atoms with van der Waals surface area (Å²) < 4.78 is 23.2. The van der Waals surface area contributed by atoms with Crippen LogP contribution in [0.3, 0.4) is 0 Å². The number of H-pyrrole nitrogens is 1. The van der Waals surface area contributed by atoms with Gasteiger partial charge in [0.05, 0.1) is 23.0 Å². The van der Waals surface area contributed by atoms with E-state index in [2.05, 4.69) is 4.98 Å². The van der Waals surface area contributed by atoms with E-state index in [9.17, 15) is 22.8 Å². The summed E-state index contributed by atoms with van der Waals surface area (Å²) in [5, 5.41) is 0. The van der Waals surface area contributed by atoms with Crippen molar-refractivity contribution in [3.05, 3.63) is 23.5 Å². The first-order chi connectivity index (χ1) is 13.8. The highest BCUT2D eigenvalue weighted by Gasteiger charge is 2.36. The van der Waals surface area contributed by atoms with Crippen LogP contribution in [0.15, 0.2) is 12.3 Å². The first-order valence-corrected chi connectivity index (χ1v) is 11.9. The molecule has 29 heavy (non-hydrogen) atoms. The van der Waals surface area contributed by atoms with Gasteiger partial charge in [0.1, 0.15) is 5.69 Å². The Bertz CT molecular complexity index is 911. The summed E-state index contributed by atoms with van der Waals surface area (Å²) in [6.07, 6.45) is 3.96. The zero-order chi connectivity index (χ0) is 20.6. The lowest BCUT2D eigenvalue weighted by atomic mass is 10.1. The van der Waals surface area contributed by atoms with Crippen molar-refractivity contribution in [3.63, 3.8) is 0 Å². The fourth-order valence-electron chi connectivity index (χ4n) is 4.29. The molecule has 0 aliphatic carbocycles. The quantitative estimate of drug-likeness (QED) is 0.735. The lowest BCUT2D eigenvalue weighted by Crippen LogP contribution is -2.52. The molecule has 158 valence electrons. The molecular formula is C19H26N4O5S. The van der Waals surface area contributed by atoms with Crippen LogP contribution in [0.1, 0.15) is 40.1 Å². The van der Waals surface area contributed by atoms with Crippen molar-refractivity contribution < 1.29 is 22.8 Å². The highest BCUT2D eigenvalue weighted by Crippen LogP contribution is 2.22. The van der Waals surface area contributed by atoms with Crippen LogP contribution in [-0.4, -0.2) is 96.6 Å². The average Bonchev–Trinajstić information content (AvgIpc) is 3.47. The lowest BCUT2D eigenvalue weighted by Gasteiger charge is -2.35. The molecule has 10 heteroatoms. The molecule has 0 bridgehead atoms. The van der Waals surface area contributed by atoms with E-state index < -0.39 is 15.8 Å². The van der Waals surface area contributed by atoms with Gasteiger partial charge in [0.15, 0.2) is 9.84 Å². The summed E-state index contributed by atoms with van der Waals surface area (Å²) in [6, 6.07) is 1.60. The molecule has 1 atom stereocenters. The Morgan fingerprint density at radius 3 is 2.14 bits per heavy atom.